The SMILES string of the molecule is Cc1cccc(C)c1NC(=O)C[NH+]1CCN(C(=O)c2cccc(-n3cnnn3)c2)CC1. The highest BCUT2D eigenvalue weighted by molar-refractivity contribution is 5.95. The lowest BCUT2D eigenvalue weighted by molar-refractivity contribution is -0.895. The van der Waals surface area contributed by atoms with Crippen LogP contribution >= 0.6 is 0 Å². The first kappa shape index (κ1) is 20.7. The molecule has 1 aliphatic rings. The number of carbonyl (C=O) groups is 2. The second kappa shape index (κ2) is 9.05. The molecule has 0 radical (unpaired) electrons. The summed E-state index contributed by atoms with van der Waals surface area (Å²) in [6, 6.07) is 13.2. The maximum Gasteiger partial charge on any atom is 0.279 e. The van der Waals surface area contributed by atoms with Gasteiger partial charge in [-0.2, -0.15) is 0 Å². The van der Waals surface area contributed by atoms with Crippen LogP contribution in [0.5, 0.6) is 0 Å². The Morgan fingerprint density at radius 1 is 1.06 bits per heavy atom. The van der Waals surface area contributed by atoms with Crippen molar-refractivity contribution in [2.45, 2.75) is 13.8 Å². The molecule has 4 rings (SSSR count). The van der Waals surface area contributed by atoms with Crippen LogP contribution in [0.4, 0.5) is 5.69 Å². The quantitative estimate of drug-likeness (QED) is 0.617. The molecule has 1 aromatic heterocycles. The summed E-state index contributed by atoms with van der Waals surface area (Å²) in [6.45, 7) is 7.07. The van der Waals surface area contributed by atoms with Crippen molar-refractivity contribution in [3.8, 4) is 5.69 Å². The van der Waals surface area contributed by atoms with Gasteiger partial charge in [0.05, 0.1) is 31.9 Å². The molecule has 9 nitrogen and oxygen atoms in total. The van der Waals surface area contributed by atoms with Crippen molar-refractivity contribution in [1.82, 2.24) is 25.1 Å². The van der Waals surface area contributed by atoms with Crippen molar-refractivity contribution in [1.29, 1.82) is 0 Å². The van der Waals surface area contributed by atoms with E-state index >= 15 is 0 Å². The largest absolute Gasteiger partial charge is 0.327 e. The third kappa shape index (κ3) is 4.77. The molecule has 2 aromatic carbocycles. The fourth-order valence-corrected chi connectivity index (χ4v) is 3.87. The number of quaternary nitrogens is 1. The Balaban J connectivity index is 1.32. The number of nitrogens with one attached hydrogen (secondary N) is 2. The predicted octanol–water partition coefficient (Wildman–Crippen LogP) is 0.259. The summed E-state index contributed by atoms with van der Waals surface area (Å²) in [5.41, 5.74) is 4.35. The number of amides is 2. The first-order chi connectivity index (χ1) is 15.0. The summed E-state index contributed by atoms with van der Waals surface area (Å²) in [6.07, 6.45) is 1.50. The third-order valence-electron chi connectivity index (χ3n) is 5.62. The number of para-hydroxylation sites is 1. The molecule has 0 spiro atoms. The van der Waals surface area contributed by atoms with Gasteiger partial charge in [-0.15, -0.1) is 5.10 Å². The standard InChI is InChI=1S/C22H25N7O2/c1-16-5-3-6-17(2)21(16)24-20(30)14-27-9-11-28(12-10-27)22(31)18-7-4-8-19(13-18)29-15-23-25-26-29/h3-8,13,15H,9-12,14H2,1-2H3,(H,24,30)/p+1. The molecule has 9 heteroatoms. The van der Waals surface area contributed by atoms with E-state index < -0.39 is 0 Å². The summed E-state index contributed by atoms with van der Waals surface area (Å²) in [4.78, 5) is 28.5. The number of aryl methyl sites for hydroxylation is 2. The number of benzene rings is 2. The number of piperazine rings is 1. The molecule has 0 unspecified atom stereocenters. The normalized spacial score (nSPS) is 14.5. The molecule has 3 aromatic rings. The van der Waals surface area contributed by atoms with Crippen LogP contribution in [0.1, 0.15) is 21.5 Å². The molecular weight excluding hydrogens is 394 g/mol. The van der Waals surface area contributed by atoms with Gasteiger partial charge in [-0.25, -0.2) is 4.68 Å². The number of carbonyl (C=O) groups excluding carboxylic acids is 2. The van der Waals surface area contributed by atoms with Crippen molar-refractivity contribution in [2.24, 2.45) is 0 Å². The van der Waals surface area contributed by atoms with E-state index in [4.69, 9.17) is 0 Å². The Labute approximate surface area is 180 Å². The number of hydrogen-bond acceptors (Lipinski definition) is 5. The first-order valence-corrected chi connectivity index (χ1v) is 10.3. The van der Waals surface area contributed by atoms with Gasteiger partial charge in [0.15, 0.2) is 6.54 Å². The Hall–Kier alpha value is -3.59. The van der Waals surface area contributed by atoms with Crippen LogP contribution < -0.4 is 10.2 Å². The summed E-state index contributed by atoms with van der Waals surface area (Å²) in [7, 11) is 0. The summed E-state index contributed by atoms with van der Waals surface area (Å²) >= 11 is 0. The zero-order valence-corrected chi connectivity index (χ0v) is 17.7. The molecule has 160 valence electrons. The molecule has 1 aliphatic heterocycles. The third-order valence-corrected chi connectivity index (χ3v) is 5.62. The van der Waals surface area contributed by atoms with Crippen molar-refractivity contribution >= 4 is 17.5 Å². The van der Waals surface area contributed by atoms with Gasteiger partial charge in [-0.1, -0.05) is 24.3 Å². The molecule has 1 fully saturated rings. The van der Waals surface area contributed by atoms with Gasteiger partial charge >= 0.3 is 0 Å². The smallest absolute Gasteiger partial charge is 0.279 e. The maximum atomic E-state index is 12.9. The fourth-order valence-electron chi connectivity index (χ4n) is 3.87. The molecule has 2 N–H and O–H groups in total. The summed E-state index contributed by atoms with van der Waals surface area (Å²) < 4.78 is 1.52. The second-order valence-electron chi connectivity index (χ2n) is 7.84. The number of aromatic nitrogens is 4. The van der Waals surface area contributed by atoms with Gasteiger partial charge in [0.1, 0.15) is 6.33 Å². The van der Waals surface area contributed by atoms with Crippen molar-refractivity contribution in [2.75, 3.05) is 38.0 Å². The minimum Gasteiger partial charge on any atom is -0.327 e. The van der Waals surface area contributed by atoms with Crippen LogP contribution in [0, 0.1) is 13.8 Å². The molecule has 0 atom stereocenters. The van der Waals surface area contributed by atoms with E-state index in [0.717, 1.165) is 35.6 Å². The fraction of sp³-hybridized carbons (Fsp3) is 0.318. The minimum absolute atomic E-state index is 0.00122. The van der Waals surface area contributed by atoms with Gasteiger partial charge in [-0.3, -0.25) is 9.59 Å². The molecule has 1 saturated heterocycles. The second-order valence-corrected chi connectivity index (χ2v) is 7.84. The summed E-state index contributed by atoms with van der Waals surface area (Å²) in [5.74, 6) is -0.0183. The minimum atomic E-state index is -0.0195. The highest BCUT2D eigenvalue weighted by atomic mass is 16.2. The number of nitrogens with zero attached hydrogens (tertiary/aromatic N) is 5. The van der Waals surface area contributed by atoms with Crippen LogP contribution in [-0.2, 0) is 4.79 Å². The molecular formula is C22H26N7O2+. The Morgan fingerprint density at radius 2 is 1.77 bits per heavy atom. The molecule has 0 aliphatic carbocycles. The van der Waals surface area contributed by atoms with Crippen LogP contribution in [0.3, 0.4) is 0 Å². The Morgan fingerprint density at radius 3 is 2.45 bits per heavy atom. The van der Waals surface area contributed by atoms with E-state index in [-0.39, 0.29) is 11.8 Å². The number of rotatable bonds is 5. The van der Waals surface area contributed by atoms with Gasteiger partial charge in [-0.05, 0) is 53.6 Å². The lowest BCUT2D eigenvalue weighted by Crippen LogP contribution is -3.15. The topological polar surface area (TPSA) is 97.5 Å². The zero-order chi connectivity index (χ0) is 21.8. The molecule has 0 saturated carbocycles. The molecule has 2 amide bonds. The van der Waals surface area contributed by atoms with Crippen LogP contribution in [0.15, 0.2) is 48.8 Å². The first-order valence-electron chi connectivity index (χ1n) is 10.3. The summed E-state index contributed by atoms with van der Waals surface area (Å²) in [5, 5.41) is 14.2. The Kier molecular flexibility index (Phi) is 6.03. The maximum absolute atomic E-state index is 12.9. The number of tetrazole rings is 1. The van der Waals surface area contributed by atoms with E-state index in [2.05, 4.69) is 20.8 Å². The number of anilines is 1. The van der Waals surface area contributed by atoms with Crippen LogP contribution in [0.2, 0.25) is 0 Å². The van der Waals surface area contributed by atoms with Gasteiger partial charge < -0.3 is 15.1 Å². The zero-order valence-electron chi connectivity index (χ0n) is 17.7. The molecule has 2 heterocycles. The van der Waals surface area contributed by atoms with E-state index in [1.54, 1.807) is 12.1 Å². The van der Waals surface area contributed by atoms with E-state index in [1.165, 1.54) is 15.9 Å². The number of hydrogen-bond donors (Lipinski definition) is 2. The predicted molar refractivity (Wildman–Crippen MR) is 115 cm³/mol. The van der Waals surface area contributed by atoms with E-state index in [1.807, 2.05) is 49.1 Å². The average molecular weight is 420 g/mol. The van der Waals surface area contributed by atoms with Crippen LogP contribution in [-0.4, -0.2) is 69.6 Å². The monoisotopic (exact) mass is 420 g/mol. The van der Waals surface area contributed by atoms with Crippen LogP contribution in [0.25, 0.3) is 5.69 Å². The Bertz CT molecular complexity index is 1050. The molecule has 0 bridgehead atoms. The van der Waals surface area contributed by atoms with Gasteiger partial charge in [0.2, 0.25) is 0 Å². The lowest BCUT2D eigenvalue weighted by Gasteiger charge is -2.32. The van der Waals surface area contributed by atoms with Crippen molar-refractivity contribution < 1.29 is 14.5 Å². The molecule has 31 heavy (non-hydrogen) atoms. The highest BCUT2D eigenvalue weighted by Crippen LogP contribution is 2.19. The van der Waals surface area contributed by atoms with E-state index in [0.29, 0.717) is 25.2 Å². The van der Waals surface area contributed by atoms with Gasteiger partial charge in [0, 0.05) is 11.3 Å². The average Bonchev–Trinajstić information content (AvgIpc) is 3.32. The lowest BCUT2D eigenvalue weighted by atomic mass is 10.1. The van der Waals surface area contributed by atoms with E-state index in [9.17, 15) is 9.59 Å². The van der Waals surface area contributed by atoms with Gasteiger partial charge in [0.25, 0.3) is 11.8 Å². The highest BCUT2D eigenvalue weighted by Gasteiger charge is 2.26. The van der Waals surface area contributed by atoms with Crippen molar-refractivity contribution in [3.05, 3.63) is 65.5 Å². The van der Waals surface area contributed by atoms with Crippen molar-refractivity contribution in [3.63, 3.8) is 0 Å².